The Hall–Kier alpha value is -0.260. The third kappa shape index (κ3) is 0.680. The molecule has 0 aromatic carbocycles. The first-order valence-electron chi connectivity index (χ1n) is 4.28. The van der Waals surface area contributed by atoms with E-state index in [0.717, 1.165) is 11.8 Å². The minimum atomic E-state index is 0.675. The molecule has 0 bridgehead atoms. The van der Waals surface area contributed by atoms with Crippen molar-refractivity contribution < 1.29 is 0 Å². The van der Waals surface area contributed by atoms with Gasteiger partial charge in [0.2, 0.25) is 0 Å². The third-order valence-corrected chi connectivity index (χ3v) is 3.55. The standard InChI is InChI=1S/C10H16/c1-7-4-5-8-9(6-7)10(8,2)3/h4,8-9H,5-6H2,1-3H3/t8-,9-/m1/s1. The van der Waals surface area contributed by atoms with Gasteiger partial charge in [-0.15, -0.1) is 0 Å². The molecule has 2 aliphatic carbocycles. The van der Waals surface area contributed by atoms with E-state index in [1.54, 1.807) is 5.57 Å². The van der Waals surface area contributed by atoms with Gasteiger partial charge in [-0.05, 0) is 37.0 Å². The maximum Gasteiger partial charge on any atom is -0.0286 e. The Morgan fingerprint density at radius 3 is 2.60 bits per heavy atom. The predicted octanol–water partition coefficient (Wildman–Crippen LogP) is 3.00. The Labute approximate surface area is 63.3 Å². The van der Waals surface area contributed by atoms with E-state index in [0.29, 0.717) is 5.41 Å². The zero-order valence-electron chi connectivity index (χ0n) is 7.15. The summed E-state index contributed by atoms with van der Waals surface area (Å²) in [6, 6.07) is 0. The second kappa shape index (κ2) is 1.66. The number of rotatable bonds is 0. The van der Waals surface area contributed by atoms with Crippen LogP contribution in [0.15, 0.2) is 11.6 Å². The first kappa shape index (κ1) is 6.45. The molecule has 0 unspecified atom stereocenters. The van der Waals surface area contributed by atoms with E-state index in [2.05, 4.69) is 26.8 Å². The summed E-state index contributed by atoms with van der Waals surface area (Å²) in [6.07, 6.45) is 5.15. The van der Waals surface area contributed by atoms with Gasteiger partial charge in [0.05, 0.1) is 0 Å². The highest BCUT2D eigenvalue weighted by molar-refractivity contribution is 5.18. The molecule has 1 fully saturated rings. The monoisotopic (exact) mass is 136 g/mol. The summed E-state index contributed by atoms with van der Waals surface area (Å²) in [5.74, 6) is 2.05. The molecule has 0 spiro atoms. The van der Waals surface area contributed by atoms with Crippen molar-refractivity contribution in [2.24, 2.45) is 17.3 Å². The lowest BCUT2D eigenvalue weighted by atomic mass is 10.0. The lowest BCUT2D eigenvalue weighted by Crippen LogP contribution is -1.90. The van der Waals surface area contributed by atoms with Gasteiger partial charge in [0.1, 0.15) is 0 Å². The second-order valence-electron chi connectivity index (χ2n) is 4.52. The second-order valence-corrected chi connectivity index (χ2v) is 4.52. The summed E-state index contributed by atoms with van der Waals surface area (Å²) in [5.41, 5.74) is 2.29. The Morgan fingerprint density at radius 1 is 1.40 bits per heavy atom. The highest BCUT2D eigenvalue weighted by Crippen LogP contribution is 2.64. The summed E-state index contributed by atoms with van der Waals surface area (Å²) in [4.78, 5) is 0. The quantitative estimate of drug-likeness (QED) is 0.449. The number of hydrogen-bond donors (Lipinski definition) is 0. The highest BCUT2D eigenvalue weighted by Gasteiger charge is 2.57. The molecule has 0 nitrogen and oxygen atoms in total. The van der Waals surface area contributed by atoms with Crippen LogP contribution < -0.4 is 0 Å². The number of allylic oxidation sites excluding steroid dienone is 2. The van der Waals surface area contributed by atoms with E-state index in [1.165, 1.54) is 12.8 Å². The molecule has 0 N–H and O–H groups in total. The van der Waals surface area contributed by atoms with Gasteiger partial charge in [-0.3, -0.25) is 0 Å². The lowest BCUT2D eigenvalue weighted by molar-refractivity contribution is 0.542. The molecule has 0 heterocycles. The molecule has 0 aromatic rings. The lowest BCUT2D eigenvalue weighted by Gasteiger charge is -2.05. The molecular formula is C10H16. The molecule has 56 valence electrons. The average molecular weight is 136 g/mol. The molecule has 0 amide bonds. The van der Waals surface area contributed by atoms with Gasteiger partial charge in [-0.25, -0.2) is 0 Å². The zero-order chi connectivity index (χ0) is 7.35. The van der Waals surface area contributed by atoms with Crippen LogP contribution >= 0.6 is 0 Å². The van der Waals surface area contributed by atoms with Gasteiger partial charge < -0.3 is 0 Å². The third-order valence-electron chi connectivity index (χ3n) is 3.55. The molecule has 0 aliphatic heterocycles. The summed E-state index contributed by atoms with van der Waals surface area (Å²) < 4.78 is 0. The van der Waals surface area contributed by atoms with Crippen molar-refractivity contribution >= 4 is 0 Å². The topological polar surface area (TPSA) is 0 Å². The Bertz CT molecular complexity index is 186. The van der Waals surface area contributed by atoms with Crippen LogP contribution in [0.3, 0.4) is 0 Å². The van der Waals surface area contributed by atoms with Crippen LogP contribution in [0.1, 0.15) is 33.6 Å². The van der Waals surface area contributed by atoms with Gasteiger partial charge in [0.25, 0.3) is 0 Å². The molecule has 2 rings (SSSR count). The summed E-state index contributed by atoms with van der Waals surface area (Å²) in [6.45, 7) is 7.09. The Balaban J connectivity index is 2.13. The van der Waals surface area contributed by atoms with Crippen molar-refractivity contribution in [3.63, 3.8) is 0 Å². The van der Waals surface area contributed by atoms with E-state index < -0.39 is 0 Å². The number of hydrogen-bond acceptors (Lipinski definition) is 0. The predicted molar refractivity (Wildman–Crippen MR) is 43.8 cm³/mol. The Kier molecular flexibility index (Phi) is 1.07. The molecule has 0 radical (unpaired) electrons. The van der Waals surface area contributed by atoms with E-state index in [9.17, 15) is 0 Å². The van der Waals surface area contributed by atoms with Gasteiger partial charge in [-0.1, -0.05) is 25.5 Å². The fourth-order valence-electron chi connectivity index (χ4n) is 2.49. The maximum absolute atomic E-state index is 2.43. The molecule has 0 aromatic heterocycles. The van der Waals surface area contributed by atoms with Crippen LogP contribution in [0.4, 0.5) is 0 Å². The fraction of sp³-hybridized carbons (Fsp3) is 0.800. The minimum Gasteiger partial charge on any atom is -0.0853 e. The molecule has 0 saturated heterocycles. The summed E-state index contributed by atoms with van der Waals surface area (Å²) in [5, 5.41) is 0. The van der Waals surface area contributed by atoms with Crippen LogP contribution in [0.5, 0.6) is 0 Å². The van der Waals surface area contributed by atoms with Crippen molar-refractivity contribution in [3.05, 3.63) is 11.6 Å². The zero-order valence-corrected chi connectivity index (χ0v) is 7.15. The fourth-order valence-corrected chi connectivity index (χ4v) is 2.49. The van der Waals surface area contributed by atoms with Gasteiger partial charge in [0, 0.05) is 0 Å². The normalized spacial score (nSPS) is 42.1. The van der Waals surface area contributed by atoms with E-state index in [4.69, 9.17) is 0 Å². The minimum absolute atomic E-state index is 0.675. The van der Waals surface area contributed by atoms with E-state index in [-0.39, 0.29) is 0 Å². The van der Waals surface area contributed by atoms with Crippen molar-refractivity contribution in [2.45, 2.75) is 33.6 Å². The van der Waals surface area contributed by atoms with Crippen LogP contribution in [0, 0.1) is 17.3 Å². The first-order chi connectivity index (χ1) is 4.62. The number of fused-ring (bicyclic) bond motifs is 1. The van der Waals surface area contributed by atoms with Crippen LogP contribution in [0.25, 0.3) is 0 Å². The van der Waals surface area contributed by atoms with Crippen molar-refractivity contribution in [1.82, 2.24) is 0 Å². The molecular weight excluding hydrogens is 120 g/mol. The van der Waals surface area contributed by atoms with Crippen LogP contribution in [-0.2, 0) is 0 Å². The molecule has 2 aliphatic rings. The van der Waals surface area contributed by atoms with Gasteiger partial charge >= 0.3 is 0 Å². The largest absolute Gasteiger partial charge is 0.0853 e. The van der Waals surface area contributed by atoms with Crippen LogP contribution in [0.2, 0.25) is 0 Å². The average Bonchev–Trinajstić information content (AvgIpc) is 2.36. The van der Waals surface area contributed by atoms with Crippen molar-refractivity contribution in [2.75, 3.05) is 0 Å². The SMILES string of the molecule is CC1=CC[C@@H]2[C@@H](C1)C2(C)C. The molecule has 1 saturated carbocycles. The van der Waals surface area contributed by atoms with Crippen LogP contribution in [-0.4, -0.2) is 0 Å². The Morgan fingerprint density at radius 2 is 2.10 bits per heavy atom. The summed E-state index contributed by atoms with van der Waals surface area (Å²) in [7, 11) is 0. The van der Waals surface area contributed by atoms with Gasteiger partial charge in [-0.2, -0.15) is 0 Å². The first-order valence-corrected chi connectivity index (χ1v) is 4.28. The molecule has 10 heavy (non-hydrogen) atoms. The van der Waals surface area contributed by atoms with Gasteiger partial charge in [0.15, 0.2) is 0 Å². The summed E-state index contributed by atoms with van der Waals surface area (Å²) >= 11 is 0. The van der Waals surface area contributed by atoms with E-state index >= 15 is 0 Å². The maximum atomic E-state index is 2.43. The van der Waals surface area contributed by atoms with E-state index in [1.807, 2.05) is 0 Å². The smallest absolute Gasteiger partial charge is 0.0286 e. The highest BCUT2D eigenvalue weighted by atomic mass is 14.6. The molecule has 0 heteroatoms. The van der Waals surface area contributed by atoms with Crippen molar-refractivity contribution in [1.29, 1.82) is 0 Å². The molecule has 2 atom stereocenters. The van der Waals surface area contributed by atoms with Crippen molar-refractivity contribution in [3.8, 4) is 0 Å².